The van der Waals surface area contributed by atoms with E-state index in [1.165, 1.54) is 6.07 Å². The summed E-state index contributed by atoms with van der Waals surface area (Å²) in [6, 6.07) is 25.9. The van der Waals surface area contributed by atoms with Crippen LogP contribution < -0.4 is 10.2 Å². The van der Waals surface area contributed by atoms with Gasteiger partial charge >= 0.3 is 12.1 Å². The predicted molar refractivity (Wildman–Crippen MR) is 187 cm³/mol. The fraction of sp³-hybridized carbons (Fsp3) is 0.474. The van der Waals surface area contributed by atoms with Gasteiger partial charge < -0.3 is 24.3 Å². The molecule has 7 rings (SSSR count). The highest BCUT2D eigenvalue weighted by Gasteiger charge is 2.43. The molecule has 4 saturated heterocycles. The number of para-hydroxylation sites is 1. The second kappa shape index (κ2) is 15.0. The van der Waals surface area contributed by atoms with Gasteiger partial charge in [-0.05, 0) is 68.5 Å². The lowest BCUT2D eigenvalue weighted by Gasteiger charge is -2.35. The molecule has 254 valence electrons. The summed E-state index contributed by atoms with van der Waals surface area (Å²) >= 11 is 0. The van der Waals surface area contributed by atoms with Gasteiger partial charge in [-0.15, -0.1) is 0 Å². The van der Waals surface area contributed by atoms with E-state index >= 15 is 0 Å². The number of nitrogens with zero attached hydrogens (tertiary/aromatic N) is 5. The van der Waals surface area contributed by atoms with Crippen molar-refractivity contribution in [3.8, 4) is 11.1 Å². The second-order valence-corrected chi connectivity index (χ2v) is 13.6. The number of carbonyl (C=O) groups is 2. The van der Waals surface area contributed by atoms with E-state index in [2.05, 4.69) is 20.0 Å². The van der Waals surface area contributed by atoms with Crippen LogP contribution in [0.25, 0.3) is 11.1 Å². The molecule has 0 radical (unpaired) electrons. The Labute approximate surface area is 283 Å². The normalized spacial score (nSPS) is 21.8. The first kappa shape index (κ1) is 32.4. The largest absolute Gasteiger partial charge is 0.446 e. The summed E-state index contributed by atoms with van der Waals surface area (Å²) in [5.41, 5.74) is 3.75. The average molecular weight is 655 g/mol. The lowest BCUT2D eigenvalue weighted by atomic mass is 10.0. The molecule has 4 aliphatic rings. The van der Waals surface area contributed by atoms with Gasteiger partial charge in [0, 0.05) is 82.2 Å². The van der Waals surface area contributed by atoms with Crippen molar-refractivity contribution in [3.63, 3.8) is 0 Å². The zero-order valence-corrected chi connectivity index (χ0v) is 27.7. The van der Waals surface area contributed by atoms with Crippen molar-refractivity contribution in [1.29, 1.82) is 0 Å². The summed E-state index contributed by atoms with van der Waals surface area (Å²) in [7, 11) is 0. The number of rotatable bonds is 12. The number of fused-ring (bicyclic) bond motifs is 2. The number of hydrogen-bond acceptors (Lipinski definition) is 6. The van der Waals surface area contributed by atoms with Gasteiger partial charge in [0.25, 0.3) is 0 Å². The monoisotopic (exact) mass is 654 g/mol. The Morgan fingerprint density at radius 3 is 2.25 bits per heavy atom. The molecule has 1 N–H and O–H groups in total. The van der Waals surface area contributed by atoms with Gasteiger partial charge in [0.1, 0.15) is 11.9 Å². The topological polar surface area (TPSA) is 71.6 Å². The SMILES string of the molecule is O=C(Nc1ccccc1-c1ccccc1)OC1CCN(CCCN2CCN(CCCN3CC4CC3CN4c3cccc(F)c3)C2=O)CC1. The van der Waals surface area contributed by atoms with Crippen LogP contribution in [0.4, 0.5) is 25.4 Å². The van der Waals surface area contributed by atoms with Gasteiger partial charge in [-0.2, -0.15) is 0 Å². The zero-order valence-electron chi connectivity index (χ0n) is 27.7. The Bertz CT molecular complexity index is 1550. The van der Waals surface area contributed by atoms with Crippen LogP contribution in [0.1, 0.15) is 32.1 Å². The predicted octanol–water partition coefficient (Wildman–Crippen LogP) is 5.99. The first-order chi connectivity index (χ1) is 23.5. The Balaban J connectivity index is 0.765. The van der Waals surface area contributed by atoms with Crippen molar-refractivity contribution < 1.29 is 18.7 Å². The number of amides is 3. The smallest absolute Gasteiger partial charge is 0.411 e. The zero-order chi connectivity index (χ0) is 32.9. The number of nitrogens with one attached hydrogen (secondary N) is 1. The van der Waals surface area contributed by atoms with Crippen LogP contribution in [0.15, 0.2) is 78.9 Å². The molecule has 2 unspecified atom stereocenters. The van der Waals surface area contributed by atoms with Crippen molar-refractivity contribution >= 4 is 23.5 Å². The fourth-order valence-electron chi connectivity index (χ4n) is 7.99. The summed E-state index contributed by atoms with van der Waals surface area (Å²) < 4.78 is 19.5. The minimum atomic E-state index is -0.408. The number of hydrogen-bond donors (Lipinski definition) is 1. The lowest BCUT2D eigenvalue weighted by Crippen LogP contribution is -2.47. The van der Waals surface area contributed by atoms with Crippen molar-refractivity contribution in [2.75, 3.05) is 75.7 Å². The Morgan fingerprint density at radius 1 is 0.792 bits per heavy atom. The van der Waals surface area contributed by atoms with Crippen LogP contribution in [0.5, 0.6) is 0 Å². The number of piperazine rings is 1. The minimum absolute atomic E-state index is 0.0954. The molecule has 4 fully saturated rings. The molecule has 2 atom stereocenters. The molecule has 3 amide bonds. The van der Waals surface area contributed by atoms with E-state index in [4.69, 9.17) is 4.74 Å². The first-order valence-corrected chi connectivity index (χ1v) is 17.6. The maximum atomic E-state index is 13.7. The van der Waals surface area contributed by atoms with Gasteiger partial charge in [-0.1, -0.05) is 54.6 Å². The average Bonchev–Trinajstić information content (AvgIpc) is 3.81. The summed E-state index contributed by atoms with van der Waals surface area (Å²) in [4.78, 5) is 37.2. The van der Waals surface area contributed by atoms with Crippen molar-refractivity contribution in [2.45, 2.75) is 50.3 Å². The van der Waals surface area contributed by atoms with Crippen LogP contribution in [0.2, 0.25) is 0 Å². The van der Waals surface area contributed by atoms with Crippen molar-refractivity contribution in [2.24, 2.45) is 0 Å². The summed E-state index contributed by atoms with van der Waals surface area (Å²) in [5, 5.41) is 2.95. The maximum absolute atomic E-state index is 13.7. The molecule has 4 aliphatic heterocycles. The molecule has 3 aromatic carbocycles. The third-order valence-corrected chi connectivity index (χ3v) is 10.5. The highest BCUT2D eigenvalue weighted by atomic mass is 19.1. The van der Waals surface area contributed by atoms with E-state index in [0.29, 0.717) is 12.1 Å². The van der Waals surface area contributed by atoms with E-state index in [0.717, 1.165) is 120 Å². The molecule has 48 heavy (non-hydrogen) atoms. The molecule has 0 aromatic heterocycles. The Morgan fingerprint density at radius 2 is 1.52 bits per heavy atom. The van der Waals surface area contributed by atoms with E-state index in [1.54, 1.807) is 12.1 Å². The van der Waals surface area contributed by atoms with Crippen LogP contribution >= 0.6 is 0 Å². The highest BCUT2D eigenvalue weighted by molar-refractivity contribution is 5.91. The van der Waals surface area contributed by atoms with E-state index in [1.807, 2.05) is 70.5 Å². The number of anilines is 2. The Kier molecular flexibility index (Phi) is 10.1. The number of halogens is 1. The van der Waals surface area contributed by atoms with Crippen LogP contribution in [0.3, 0.4) is 0 Å². The van der Waals surface area contributed by atoms with Gasteiger partial charge in [0.2, 0.25) is 0 Å². The first-order valence-electron chi connectivity index (χ1n) is 17.6. The quantitative estimate of drug-likeness (QED) is 0.259. The maximum Gasteiger partial charge on any atom is 0.411 e. The molecule has 2 bridgehead atoms. The lowest BCUT2D eigenvalue weighted by molar-refractivity contribution is 0.0581. The van der Waals surface area contributed by atoms with Crippen LogP contribution in [0, 0.1) is 5.82 Å². The summed E-state index contributed by atoms with van der Waals surface area (Å²) in [6.45, 7) is 8.87. The molecule has 0 spiro atoms. The number of likely N-dealkylation sites (tertiary alicyclic amines) is 2. The number of urea groups is 1. The van der Waals surface area contributed by atoms with E-state index in [9.17, 15) is 14.0 Å². The number of benzene rings is 3. The van der Waals surface area contributed by atoms with Crippen LogP contribution in [-0.4, -0.2) is 115 Å². The minimum Gasteiger partial charge on any atom is -0.446 e. The van der Waals surface area contributed by atoms with Crippen molar-refractivity contribution in [3.05, 3.63) is 84.7 Å². The number of ether oxygens (including phenoxy) is 1. The molecule has 3 aromatic rings. The molecule has 4 heterocycles. The van der Waals surface area contributed by atoms with E-state index < -0.39 is 6.09 Å². The third-order valence-electron chi connectivity index (χ3n) is 10.5. The number of carbonyl (C=O) groups excluding carboxylic acids is 2. The van der Waals surface area contributed by atoms with Crippen LogP contribution in [-0.2, 0) is 4.74 Å². The highest BCUT2D eigenvalue weighted by Crippen LogP contribution is 2.35. The molecule has 10 heteroatoms. The Hall–Kier alpha value is -4.15. The molecule has 0 aliphatic carbocycles. The molecule has 0 saturated carbocycles. The number of piperidine rings is 1. The molecular weight excluding hydrogens is 607 g/mol. The summed E-state index contributed by atoms with van der Waals surface area (Å²) in [5.74, 6) is -0.174. The second-order valence-electron chi connectivity index (χ2n) is 13.6. The van der Waals surface area contributed by atoms with Crippen molar-refractivity contribution in [1.82, 2.24) is 19.6 Å². The van der Waals surface area contributed by atoms with Gasteiger partial charge in [-0.25, -0.2) is 14.0 Å². The van der Waals surface area contributed by atoms with Gasteiger partial charge in [-0.3, -0.25) is 10.2 Å². The fourth-order valence-corrected chi connectivity index (χ4v) is 7.99. The van der Waals surface area contributed by atoms with Gasteiger partial charge in [0.05, 0.1) is 5.69 Å². The standard InChI is InChI=1S/C38H47FN6O3/c39-30-11-6-12-31(25-30)45-28-32-26-33(45)27-44(32)20-8-19-43-24-23-42(38(43)47)18-7-17-41-21-15-34(16-22-41)48-37(46)40-36-14-5-4-13-35(36)29-9-2-1-3-10-29/h1-6,9-14,25,32-34H,7-8,15-24,26-28H2,(H,40,46). The third kappa shape index (κ3) is 7.60. The van der Waals surface area contributed by atoms with E-state index in [-0.39, 0.29) is 18.0 Å². The molecule has 9 nitrogen and oxygen atoms in total. The summed E-state index contributed by atoms with van der Waals surface area (Å²) in [6.07, 6.45) is 4.18. The molecular formula is C38H47FN6O3. The van der Waals surface area contributed by atoms with Gasteiger partial charge in [0.15, 0.2) is 0 Å².